The third kappa shape index (κ3) is 5.58. The summed E-state index contributed by atoms with van der Waals surface area (Å²) >= 11 is 0. The number of carbonyl (C=O) groups is 2. The largest absolute Gasteiger partial charge is 0.507 e. The van der Waals surface area contributed by atoms with Gasteiger partial charge in [-0.15, -0.1) is 0 Å². The molecule has 29 heavy (non-hydrogen) atoms. The summed E-state index contributed by atoms with van der Waals surface area (Å²) < 4.78 is 5.31. The van der Waals surface area contributed by atoms with Gasteiger partial charge >= 0.3 is 5.97 Å². The molecule has 0 aromatic heterocycles. The summed E-state index contributed by atoms with van der Waals surface area (Å²) in [5.41, 5.74) is 2.87. The van der Waals surface area contributed by atoms with Crippen LogP contribution in [-0.2, 0) is 30.0 Å². The van der Waals surface area contributed by atoms with Crippen LogP contribution >= 0.6 is 0 Å². The molecule has 1 aliphatic heterocycles. The second kappa shape index (κ2) is 8.17. The Morgan fingerprint density at radius 3 is 2.14 bits per heavy atom. The van der Waals surface area contributed by atoms with Gasteiger partial charge in [-0.3, -0.25) is 9.59 Å². The van der Waals surface area contributed by atoms with Crippen LogP contribution in [0.1, 0.15) is 84.9 Å². The Hall–Kier alpha value is -2.37. The van der Waals surface area contributed by atoms with E-state index in [2.05, 4.69) is 46.7 Å². The van der Waals surface area contributed by atoms with E-state index in [1.165, 1.54) is 6.92 Å². The highest BCUT2D eigenvalue weighted by molar-refractivity contribution is 6.02. The molecule has 1 heterocycles. The van der Waals surface area contributed by atoms with Crippen molar-refractivity contribution in [2.75, 3.05) is 0 Å². The predicted molar refractivity (Wildman–Crippen MR) is 112 cm³/mol. The topological polar surface area (TPSA) is 85.2 Å². The highest BCUT2D eigenvalue weighted by Crippen LogP contribution is 2.40. The zero-order valence-electron chi connectivity index (χ0n) is 18.8. The van der Waals surface area contributed by atoms with Crippen molar-refractivity contribution in [3.05, 3.63) is 28.8 Å². The number of hydrogen-bond acceptors (Lipinski definition) is 6. The van der Waals surface area contributed by atoms with Crippen molar-refractivity contribution in [2.45, 2.75) is 91.3 Å². The number of Topliss-reactive ketones (excluding diaryl/α,β-unsaturated/α-hetero) is 1. The van der Waals surface area contributed by atoms with E-state index < -0.39 is 18.2 Å². The molecule has 6 nitrogen and oxygen atoms in total. The Morgan fingerprint density at radius 1 is 1.17 bits per heavy atom. The summed E-state index contributed by atoms with van der Waals surface area (Å²) in [5, 5.41) is 15.1. The van der Waals surface area contributed by atoms with E-state index in [4.69, 9.17) is 9.57 Å². The number of esters is 1. The molecule has 0 saturated carbocycles. The van der Waals surface area contributed by atoms with Gasteiger partial charge in [0.25, 0.3) is 0 Å². The number of hydrogen-bond donors (Lipinski definition) is 1. The van der Waals surface area contributed by atoms with E-state index in [1.807, 2.05) is 12.1 Å². The lowest BCUT2D eigenvalue weighted by molar-refractivity contribution is -0.156. The van der Waals surface area contributed by atoms with Crippen molar-refractivity contribution in [1.29, 1.82) is 0 Å². The van der Waals surface area contributed by atoms with Crippen LogP contribution in [0.4, 0.5) is 0 Å². The summed E-state index contributed by atoms with van der Waals surface area (Å²) in [5.74, 6) is -0.479. The van der Waals surface area contributed by atoms with Gasteiger partial charge in [-0.1, -0.05) is 46.7 Å². The fourth-order valence-corrected chi connectivity index (χ4v) is 3.29. The van der Waals surface area contributed by atoms with Crippen molar-refractivity contribution in [3.8, 4) is 5.75 Å². The molecule has 1 aromatic carbocycles. The highest BCUT2D eigenvalue weighted by Gasteiger charge is 2.33. The van der Waals surface area contributed by atoms with Gasteiger partial charge in [0.15, 0.2) is 6.10 Å². The van der Waals surface area contributed by atoms with Crippen LogP contribution in [0.3, 0.4) is 0 Å². The number of ketones is 1. The Balaban J connectivity index is 2.27. The first-order valence-electron chi connectivity index (χ1n) is 10.00. The van der Waals surface area contributed by atoms with Gasteiger partial charge in [-0.05, 0) is 36.8 Å². The van der Waals surface area contributed by atoms with E-state index in [0.29, 0.717) is 12.2 Å². The number of oxime groups is 1. The maximum Gasteiger partial charge on any atom is 0.313 e. The Morgan fingerprint density at radius 2 is 1.69 bits per heavy atom. The monoisotopic (exact) mass is 403 g/mol. The highest BCUT2D eigenvalue weighted by atomic mass is 16.7. The van der Waals surface area contributed by atoms with Crippen molar-refractivity contribution in [3.63, 3.8) is 0 Å². The number of ether oxygens (including phenoxy) is 1. The van der Waals surface area contributed by atoms with Crippen LogP contribution in [-0.4, -0.2) is 34.8 Å². The van der Waals surface area contributed by atoms with Gasteiger partial charge in [0.05, 0.1) is 5.71 Å². The molecule has 6 heteroatoms. The van der Waals surface area contributed by atoms with Crippen molar-refractivity contribution in [1.82, 2.24) is 0 Å². The molecule has 0 saturated heterocycles. The third-order valence-electron chi connectivity index (χ3n) is 4.99. The molecule has 1 aliphatic rings. The van der Waals surface area contributed by atoms with Crippen LogP contribution in [0.25, 0.3) is 0 Å². The first-order valence-corrected chi connectivity index (χ1v) is 10.00. The lowest BCUT2D eigenvalue weighted by atomic mass is 9.78. The van der Waals surface area contributed by atoms with E-state index in [0.717, 1.165) is 22.4 Å². The smallest absolute Gasteiger partial charge is 0.313 e. The normalized spacial score (nSPS) is 18.1. The lowest BCUT2D eigenvalue weighted by Crippen LogP contribution is -2.29. The lowest BCUT2D eigenvalue weighted by Gasteiger charge is -2.28. The molecule has 160 valence electrons. The van der Waals surface area contributed by atoms with Gasteiger partial charge in [0, 0.05) is 23.1 Å². The first kappa shape index (κ1) is 22.9. The number of nitrogens with zero attached hydrogens (tertiary/aromatic N) is 1. The van der Waals surface area contributed by atoms with Crippen molar-refractivity contribution in [2.24, 2.45) is 5.16 Å². The fourth-order valence-electron chi connectivity index (χ4n) is 3.29. The van der Waals surface area contributed by atoms with Crippen LogP contribution < -0.4 is 0 Å². The number of phenols is 1. The molecule has 1 aromatic rings. The first-order chi connectivity index (χ1) is 13.2. The number of aromatic hydroxyl groups is 1. The molecule has 0 fully saturated rings. The van der Waals surface area contributed by atoms with Gasteiger partial charge < -0.3 is 14.7 Å². The van der Waals surface area contributed by atoms with Gasteiger partial charge in [-0.2, -0.15) is 0 Å². The molecule has 1 N–H and O–H groups in total. The quantitative estimate of drug-likeness (QED) is 0.582. The van der Waals surface area contributed by atoms with Gasteiger partial charge in [-0.25, -0.2) is 0 Å². The number of carbonyl (C=O) groups excluding carboxylic acids is 2. The molecule has 2 rings (SSSR count). The molecule has 2 atom stereocenters. The van der Waals surface area contributed by atoms with E-state index in [1.54, 1.807) is 6.92 Å². The number of phenolic OH excluding ortho intramolecular Hbond substituents is 1. The minimum atomic E-state index is -0.559. The molecule has 0 amide bonds. The molecular formula is C23H33NO5. The Labute approximate surface area is 173 Å². The minimum Gasteiger partial charge on any atom is -0.507 e. The van der Waals surface area contributed by atoms with Crippen molar-refractivity contribution < 1.29 is 24.3 Å². The molecule has 0 aliphatic carbocycles. The van der Waals surface area contributed by atoms with E-state index in [9.17, 15) is 14.7 Å². The second-order valence-electron chi connectivity index (χ2n) is 9.88. The van der Waals surface area contributed by atoms with Crippen molar-refractivity contribution >= 4 is 17.5 Å². The van der Waals surface area contributed by atoms with E-state index in [-0.39, 0.29) is 23.0 Å². The SMILES string of the molecule is CC(=O)CC(=O)O[C@H](C)[C@@H]1CC(c2cc(C(C)(C)C)c(O)c(C(C)(C)C)c2)=NO1. The minimum absolute atomic E-state index is 0.236. The van der Waals surface area contributed by atoms with Crippen LogP contribution in [0.15, 0.2) is 17.3 Å². The zero-order chi connectivity index (χ0) is 22.1. The van der Waals surface area contributed by atoms with Crippen LogP contribution in [0, 0.1) is 0 Å². The number of rotatable bonds is 5. The summed E-state index contributed by atoms with van der Waals surface area (Å²) in [6.07, 6.45) is -0.700. The zero-order valence-corrected chi connectivity index (χ0v) is 18.8. The predicted octanol–water partition coefficient (Wildman–Crippen LogP) is 4.39. The van der Waals surface area contributed by atoms with Gasteiger partial charge in [0.1, 0.15) is 24.1 Å². The average Bonchev–Trinajstić information content (AvgIpc) is 3.02. The molecule has 0 spiro atoms. The number of benzene rings is 1. The average molecular weight is 404 g/mol. The maximum atomic E-state index is 11.8. The fraction of sp³-hybridized carbons (Fsp3) is 0.609. The molecule has 0 radical (unpaired) electrons. The summed E-state index contributed by atoms with van der Waals surface area (Å²) in [7, 11) is 0. The second-order valence-corrected chi connectivity index (χ2v) is 9.88. The Kier molecular flexibility index (Phi) is 6.45. The Bertz CT molecular complexity index is 792. The van der Waals surface area contributed by atoms with E-state index >= 15 is 0 Å². The standard InChI is InChI=1S/C23H33NO5/c1-13(25)9-20(26)28-14(2)19-12-18(24-29-19)15-10-16(22(3,4)5)21(27)17(11-15)23(6,7)8/h10-11,14,19,27H,9,12H2,1-8H3/t14-,19+/m1/s1. The summed E-state index contributed by atoms with van der Waals surface area (Å²) in [4.78, 5) is 28.4. The molecular weight excluding hydrogens is 370 g/mol. The molecule has 0 bridgehead atoms. The van der Waals surface area contributed by atoms with Crippen LogP contribution in [0.5, 0.6) is 5.75 Å². The summed E-state index contributed by atoms with van der Waals surface area (Å²) in [6, 6.07) is 3.92. The maximum absolute atomic E-state index is 11.8. The van der Waals surface area contributed by atoms with Gasteiger partial charge in [0.2, 0.25) is 0 Å². The summed E-state index contributed by atoms with van der Waals surface area (Å²) in [6.45, 7) is 15.4. The van der Waals surface area contributed by atoms with Crippen LogP contribution in [0.2, 0.25) is 0 Å². The molecule has 0 unspecified atom stereocenters. The third-order valence-corrected chi connectivity index (χ3v) is 4.99.